The number of aliphatic carboxylic acids is 2. The molecule has 0 aliphatic heterocycles. The minimum Gasteiger partial charge on any atom is -0.481 e. The van der Waals surface area contributed by atoms with Crippen LogP contribution < -0.4 is 5.73 Å². The zero-order valence-electron chi connectivity index (χ0n) is 7.25. The molecule has 0 bridgehead atoms. The highest BCUT2D eigenvalue weighted by Crippen LogP contribution is 2.61. The maximum absolute atomic E-state index is 10.9. The van der Waals surface area contributed by atoms with Gasteiger partial charge in [0.15, 0.2) is 0 Å². The molecular weight excluding hydrogens is 190 g/mol. The summed E-state index contributed by atoms with van der Waals surface area (Å²) < 4.78 is 0. The second kappa shape index (κ2) is 2.46. The lowest BCUT2D eigenvalue weighted by atomic mass is 9.89. The van der Waals surface area contributed by atoms with Gasteiger partial charge in [0, 0.05) is 5.92 Å². The molecule has 0 aromatic heterocycles. The molecule has 14 heavy (non-hydrogen) atoms. The molecule has 0 aromatic carbocycles. The number of carboxylic acid groups (broad SMARTS) is 2. The first-order chi connectivity index (χ1) is 6.40. The van der Waals surface area contributed by atoms with Crippen molar-refractivity contribution in [2.45, 2.75) is 18.1 Å². The fourth-order valence-electron chi connectivity index (χ4n) is 2.62. The molecule has 0 amide bonds. The van der Waals surface area contributed by atoms with Crippen LogP contribution in [0.25, 0.3) is 0 Å². The van der Waals surface area contributed by atoms with E-state index < -0.39 is 35.4 Å². The molecule has 2 aliphatic rings. The van der Waals surface area contributed by atoms with Crippen molar-refractivity contribution in [3.05, 3.63) is 0 Å². The maximum Gasteiger partial charge on any atom is 0.326 e. The van der Waals surface area contributed by atoms with E-state index in [0.717, 1.165) is 0 Å². The maximum atomic E-state index is 10.9. The predicted octanol–water partition coefficient (Wildman–Crippen LogP) is -1.52. The number of hydrogen-bond donors (Lipinski definition) is 4. The van der Waals surface area contributed by atoms with Gasteiger partial charge in [-0.1, -0.05) is 0 Å². The van der Waals surface area contributed by atoms with Crippen LogP contribution in [0, 0.1) is 17.8 Å². The molecule has 5 N–H and O–H groups in total. The van der Waals surface area contributed by atoms with Crippen LogP contribution in [0.5, 0.6) is 0 Å². The number of fused-ring (bicyclic) bond motifs is 1. The summed E-state index contributed by atoms with van der Waals surface area (Å²) in [6.45, 7) is 0. The van der Waals surface area contributed by atoms with Gasteiger partial charge in [-0.25, -0.2) is 0 Å². The van der Waals surface area contributed by atoms with Crippen LogP contribution in [0.4, 0.5) is 0 Å². The summed E-state index contributed by atoms with van der Waals surface area (Å²) in [5.74, 6) is -3.93. The van der Waals surface area contributed by atoms with Crippen molar-refractivity contribution >= 4 is 11.9 Å². The van der Waals surface area contributed by atoms with E-state index in [1.54, 1.807) is 0 Å². The molecule has 2 aliphatic carbocycles. The molecule has 0 radical (unpaired) electrons. The van der Waals surface area contributed by atoms with Gasteiger partial charge in [0.2, 0.25) is 0 Å². The van der Waals surface area contributed by atoms with Gasteiger partial charge in [0.1, 0.15) is 5.54 Å². The molecular formula is C8H11NO5. The highest BCUT2D eigenvalue weighted by molar-refractivity contribution is 5.86. The van der Waals surface area contributed by atoms with Crippen LogP contribution in [0.2, 0.25) is 0 Å². The Kier molecular flexibility index (Phi) is 1.65. The first-order valence-corrected chi connectivity index (χ1v) is 4.33. The number of nitrogens with two attached hydrogens (primary N) is 1. The van der Waals surface area contributed by atoms with Crippen molar-refractivity contribution in [1.29, 1.82) is 0 Å². The van der Waals surface area contributed by atoms with Crippen molar-refractivity contribution in [2.24, 2.45) is 23.5 Å². The van der Waals surface area contributed by atoms with E-state index in [1.165, 1.54) is 0 Å². The highest BCUT2D eigenvalue weighted by Gasteiger charge is 2.73. The average molecular weight is 201 g/mol. The predicted molar refractivity (Wildman–Crippen MR) is 43.3 cm³/mol. The van der Waals surface area contributed by atoms with Crippen LogP contribution in [0.15, 0.2) is 0 Å². The molecule has 2 fully saturated rings. The fourth-order valence-corrected chi connectivity index (χ4v) is 2.62. The third-order valence-electron chi connectivity index (χ3n) is 3.42. The molecule has 5 atom stereocenters. The molecule has 0 spiro atoms. The summed E-state index contributed by atoms with van der Waals surface area (Å²) >= 11 is 0. The quantitative estimate of drug-likeness (QED) is 0.430. The molecule has 0 unspecified atom stereocenters. The van der Waals surface area contributed by atoms with E-state index in [-0.39, 0.29) is 12.3 Å². The Labute approximate surface area is 79.3 Å². The Balaban J connectivity index is 2.26. The largest absolute Gasteiger partial charge is 0.481 e. The summed E-state index contributed by atoms with van der Waals surface area (Å²) in [7, 11) is 0. The van der Waals surface area contributed by atoms with Gasteiger partial charge < -0.3 is 21.1 Å². The van der Waals surface area contributed by atoms with Crippen LogP contribution >= 0.6 is 0 Å². The van der Waals surface area contributed by atoms with Gasteiger partial charge in [-0.15, -0.1) is 0 Å². The number of hydrogen-bond acceptors (Lipinski definition) is 4. The van der Waals surface area contributed by atoms with Crippen LogP contribution in [-0.4, -0.2) is 38.9 Å². The SMILES string of the molecule is N[C@]1(C(=O)O)[C@H]2[C@@H](C[C@@H]1O)[C@@H]2C(=O)O. The lowest BCUT2D eigenvalue weighted by Crippen LogP contribution is -2.57. The standard InChI is InChI=1S/C8H11NO5/c9-8(7(13)14)3(10)1-2-4(5(2)8)6(11)12/h2-5,10H,1,9H2,(H,11,12)(H,13,14)/t2-,3-,4-,5-,8-/m0/s1. The van der Waals surface area contributed by atoms with E-state index in [4.69, 9.17) is 15.9 Å². The van der Waals surface area contributed by atoms with Gasteiger partial charge in [-0.3, -0.25) is 9.59 Å². The Morgan fingerprint density at radius 2 is 1.93 bits per heavy atom. The monoisotopic (exact) mass is 201 g/mol. The van der Waals surface area contributed by atoms with Crippen molar-refractivity contribution < 1.29 is 24.9 Å². The average Bonchev–Trinajstić information content (AvgIpc) is 2.70. The fraction of sp³-hybridized carbons (Fsp3) is 0.750. The molecule has 0 heterocycles. The van der Waals surface area contributed by atoms with Crippen molar-refractivity contribution in [3.63, 3.8) is 0 Å². The number of aliphatic hydroxyl groups excluding tert-OH is 1. The Morgan fingerprint density at radius 3 is 2.36 bits per heavy atom. The molecule has 0 aromatic rings. The Bertz CT molecular complexity index is 317. The van der Waals surface area contributed by atoms with E-state index in [0.29, 0.717) is 0 Å². The van der Waals surface area contributed by atoms with Crippen LogP contribution in [-0.2, 0) is 9.59 Å². The van der Waals surface area contributed by atoms with Crippen molar-refractivity contribution in [1.82, 2.24) is 0 Å². The van der Waals surface area contributed by atoms with Gasteiger partial charge in [-0.2, -0.15) is 0 Å². The van der Waals surface area contributed by atoms with E-state index in [1.807, 2.05) is 0 Å². The molecule has 0 saturated heterocycles. The normalized spacial score (nSPS) is 49.9. The third kappa shape index (κ3) is 0.869. The molecule has 6 nitrogen and oxygen atoms in total. The van der Waals surface area contributed by atoms with E-state index in [2.05, 4.69) is 0 Å². The van der Waals surface area contributed by atoms with E-state index >= 15 is 0 Å². The second-order valence-electron chi connectivity index (χ2n) is 4.04. The summed E-state index contributed by atoms with van der Waals surface area (Å²) in [6, 6.07) is 0. The van der Waals surface area contributed by atoms with Gasteiger partial charge in [-0.05, 0) is 12.3 Å². The van der Waals surface area contributed by atoms with Crippen molar-refractivity contribution in [3.8, 4) is 0 Å². The molecule has 78 valence electrons. The molecule has 2 rings (SSSR count). The number of aliphatic hydroxyl groups is 1. The Hall–Kier alpha value is -1.14. The summed E-state index contributed by atoms with van der Waals surface area (Å²) in [4.78, 5) is 21.5. The summed E-state index contributed by atoms with van der Waals surface area (Å²) in [5.41, 5.74) is 3.78. The smallest absolute Gasteiger partial charge is 0.326 e. The summed E-state index contributed by atoms with van der Waals surface area (Å²) in [5, 5.41) is 27.0. The van der Waals surface area contributed by atoms with Gasteiger partial charge >= 0.3 is 11.9 Å². The molecule has 2 saturated carbocycles. The topological polar surface area (TPSA) is 121 Å². The minimum atomic E-state index is -1.77. The zero-order chi connectivity index (χ0) is 10.7. The third-order valence-corrected chi connectivity index (χ3v) is 3.42. The minimum absolute atomic E-state index is 0.171. The molecule has 6 heteroatoms. The lowest BCUT2D eigenvalue weighted by Gasteiger charge is -2.26. The van der Waals surface area contributed by atoms with Crippen molar-refractivity contribution in [2.75, 3.05) is 0 Å². The number of carbonyl (C=O) groups is 2. The second-order valence-corrected chi connectivity index (χ2v) is 4.04. The first-order valence-electron chi connectivity index (χ1n) is 4.33. The van der Waals surface area contributed by atoms with E-state index in [9.17, 15) is 14.7 Å². The Morgan fingerprint density at radius 1 is 1.36 bits per heavy atom. The summed E-state index contributed by atoms with van der Waals surface area (Å²) in [6.07, 6.45) is -0.963. The van der Waals surface area contributed by atoms with Crippen LogP contribution in [0.1, 0.15) is 6.42 Å². The zero-order valence-corrected chi connectivity index (χ0v) is 7.25. The highest BCUT2D eigenvalue weighted by atomic mass is 16.4. The number of carboxylic acids is 2. The number of rotatable bonds is 2. The first kappa shape index (κ1) is 9.42. The lowest BCUT2D eigenvalue weighted by molar-refractivity contribution is -0.149. The van der Waals surface area contributed by atoms with Gasteiger partial charge in [0.25, 0.3) is 0 Å². The van der Waals surface area contributed by atoms with Crippen LogP contribution in [0.3, 0.4) is 0 Å². The van der Waals surface area contributed by atoms with Gasteiger partial charge in [0.05, 0.1) is 12.0 Å².